The topological polar surface area (TPSA) is 86.9 Å². The Hall–Kier alpha value is -2.42. The lowest BCUT2D eigenvalue weighted by molar-refractivity contribution is -0.384. The Kier molecular flexibility index (Phi) is 6.08. The lowest BCUT2D eigenvalue weighted by atomic mass is 9.84. The number of thioether (sulfide) groups is 1. The average Bonchev–Trinajstić information content (AvgIpc) is 3.14. The van der Waals surface area contributed by atoms with Crippen LogP contribution in [0.5, 0.6) is 0 Å². The van der Waals surface area contributed by atoms with E-state index in [1.54, 1.807) is 23.9 Å². The number of likely N-dealkylation sites (tertiary alicyclic amines) is 1. The molecule has 1 amide bonds. The van der Waals surface area contributed by atoms with Crippen molar-refractivity contribution in [3.8, 4) is 0 Å². The van der Waals surface area contributed by atoms with Gasteiger partial charge in [0.2, 0.25) is 5.91 Å². The number of nitrogens with zero attached hydrogens (tertiary/aromatic N) is 3. The summed E-state index contributed by atoms with van der Waals surface area (Å²) in [6.45, 7) is 2.92. The summed E-state index contributed by atoms with van der Waals surface area (Å²) < 4.78 is 0. The van der Waals surface area contributed by atoms with E-state index in [0.717, 1.165) is 30.8 Å². The van der Waals surface area contributed by atoms with Gasteiger partial charge in [-0.05, 0) is 36.1 Å². The zero-order valence-corrected chi connectivity index (χ0v) is 17.5. The van der Waals surface area contributed by atoms with Crippen LogP contribution in [-0.2, 0) is 10.4 Å². The summed E-state index contributed by atoms with van der Waals surface area (Å²) in [6, 6.07) is 16.3. The standard InChI is InChI=1S/C22H25N3O4S/c26-20-16-30-21(17-6-8-19(9-7-17)25(28)29)24(20)15-14-23-12-10-22(27,11-13-23)18-4-2-1-3-5-18/h1-9,21,27H,10-16H2. The number of carbonyl (C=O) groups excluding carboxylic acids is 1. The van der Waals surface area contributed by atoms with Gasteiger partial charge in [-0.15, -0.1) is 11.8 Å². The van der Waals surface area contributed by atoms with Gasteiger partial charge >= 0.3 is 0 Å². The molecule has 2 aliphatic heterocycles. The third-order valence-corrected chi connectivity index (χ3v) is 7.26. The Bertz CT molecular complexity index is 898. The number of hydrogen-bond donors (Lipinski definition) is 1. The van der Waals surface area contributed by atoms with E-state index in [2.05, 4.69) is 4.90 Å². The lowest BCUT2D eigenvalue weighted by Gasteiger charge is -2.39. The van der Waals surface area contributed by atoms with E-state index in [-0.39, 0.29) is 17.0 Å². The molecule has 8 heteroatoms. The first-order valence-electron chi connectivity index (χ1n) is 10.1. The van der Waals surface area contributed by atoms with E-state index in [4.69, 9.17) is 0 Å². The van der Waals surface area contributed by atoms with Crippen LogP contribution in [0.2, 0.25) is 0 Å². The summed E-state index contributed by atoms with van der Waals surface area (Å²) in [5.74, 6) is 0.524. The van der Waals surface area contributed by atoms with Crippen LogP contribution in [0, 0.1) is 10.1 Å². The molecule has 1 N–H and O–H groups in total. The molecule has 1 atom stereocenters. The minimum absolute atomic E-state index is 0.0545. The van der Waals surface area contributed by atoms with Gasteiger partial charge in [-0.2, -0.15) is 0 Å². The molecule has 2 aromatic carbocycles. The van der Waals surface area contributed by atoms with Gasteiger partial charge in [0.25, 0.3) is 5.69 Å². The predicted molar refractivity (Wildman–Crippen MR) is 116 cm³/mol. The molecule has 1 unspecified atom stereocenters. The van der Waals surface area contributed by atoms with Crippen molar-refractivity contribution in [3.63, 3.8) is 0 Å². The molecule has 0 saturated carbocycles. The van der Waals surface area contributed by atoms with Gasteiger partial charge in [0.1, 0.15) is 5.37 Å². The van der Waals surface area contributed by atoms with Crippen LogP contribution in [0.4, 0.5) is 5.69 Å². The molecule has 2 saturated heterocycles. The summed E-state index contributed by atoms with van der Waals surface area (Å²) in [7, 11) is 0. The fourth-order valence-corrected chi connectivity index (χ4v) is 5.38. The molecule has 158 valence electrons. The summed E-state index contributed by atoms with van der Waals surface area (Å²) in [5, 5.41) is 21.8. The van der Waals surface area contributed by atoms with Crippen molar-refractivity contribution in [2.75, 3.05) is 31.9 Å². The minimum atomic E-state index is -0.779. The van der Waals surface area contributed by atoms with E-state index in [9.17, 15) is 20.0 Å². The van der Waals surface area contributed by atoms with Crippen LogP contribution in [0.25, 0.3) is 0 Å². The van der Waals surface area contributed by atoms with E-state index < -0.39 is 10.5 Å². The molecule has 4 rings (SSSR count). The number of rotatable bonds is 6. The molecule has 2 aliphatic rings. The Morgan fingerprint density at radius 3 is 2.37 bits per heavy atom. The van der Waals surface area contributed by atoms with Gasteiger partial charge in [-0.3, -0.25) is 14.9 Å². The van der Waals surface area contributed by atoms with Gasteiger partial charge in [0.05, 0.1) is 16.3 Å². The number of nitro benzene ring substituents is 1. The smallest absolute Gasteiger partial charge is 0.269 e. The van der Waals surface area contributed by atoms with Gasteiger partial charge in [-0.25, -0.2) is 0 Å². The lowest BCUT2D eigenvalue weighted by Crippen LogP contribution is -2.45. The monoisotopic (exact) mass is 427 g/mol. The first kappa shape index (κ1) is 20.8. The highest BCUT2D eigenvalue weighted by Gasteiger charge is 2.36. The second-order valence-electron chi connectivity index (χ2n) is 7.84. The molecule has 2 aromatic rings. The number of non-ortho nitro benzene ring substituents is 1. The molecule has 0 spiro atoms. The van der Waals surface area contributed by atoms with Gasteiger partial charge in [0.15, 0.2) is 0 Å². The zero-order chi connectivity index (χ0) is 21.1. The van der Waals surface area contributed by atoms with Crippen molar-refractivity contribution < 1.29 is 14.8 Å². The van der Waals surface area contributed by atoms with E-state index in [1.165, 1.54) is 12.1 Å². The maximum Gasteiger partial charge on any atom is 0.269 e. The summed E-state index contributed by atoms with van der Waals surface area (Å²) >= 11 is 1.56. The Labute approximate surface area is 179 Å². The summed E-state index contributed by atoms with van der Waals surface area (Å²) in [4.78, 5) is 27.1. The SMILES string of the molecule is O=C1CSC(c2ccc([N+](=O)[O-])cc2)N1CCN1CCC(O)(c2ccccc2)CC1. The highest BCUT2D eigenvalue weighted by atomic mass is 32.2. The van der Waals surface area contributed by atoms with Crippen LogP contribution >= 0.6 is 11.8 Å². The van der Waals surface area contributed by atoms with Gasteiger partial charge in [-0.1, -0.05) is 30.3 Å². The van der Waals surface area contributed by atoms with Crippen molar-refractivity contribution >= 4 is 23.4 Å². The molecule has 0 aliphatic carbocycles. The highest BCUT2D eigenvalue weighted by molar-refractivity contribution is 8.00. The largest absolute Gasteiger partial charge is 0.385 e. The maximum absolute atomic E-state index is 12.4. The first-order valence-corrected chi connectivity index (χ1v) is 11.2. The van der Waals surface area contributed by atoms with Crippen LogP contribution in [0.1, 0.15) is 29.3 Å². The number of carbonyl (C=O) groups is 1. The Morgan fingerprint density at radius 1 is 1.07 bits per heavy atom. The number of benzene rings is 2. The predicted octanol–water partition coefficient (Wildman–Crippen LogP) is 3.15. The van der Waals surface area contributed by atoms with Crippen molar-refractivity contribution in [3.05, 3.63) is 75.8 Å². The molecule has 2 heterocycles. The average molecular weight is 428 g/mol. The fraction of sp³-hybridized carbons (Fsp3) is 0.409. The van der Waals surface area contributed by atoms with Crippen LogP contribution in [0.3, 0.4) is 0 Å². The fourth-order valence-electron chi connectivity index (χ4n) is 4.17. The van der Waals surface area contributed by atoms with Crippen molar-refractivity contribution in [2.24, 2.45) is 0 Å². The van der Waals surface area contributed by atoms with Crippen LogP contribution in [-0.4, -0.2) is 57.7 Å². The number of amides is 1. The second-order valence-corrected chi connectivity index (χ2v) is 8.91. The number of piperidine rings is 1. The van der Waals surface area contributed by atoms with Gasteiger partial charge < -0.3 is 14.9 Å². The molecule has 2 fully saturated rings. The van der Waals surface area contributed by atoms with Crippen LogP contribution < -0.4 is 0 Å². The molecule has 30 heavy (non-hydrogen) atoms. The molecule has 0 bridgehead atoms. The Morgan fingerprint density at radius 2 is 1.73 bits per heavy atom. The van der Waals surface area contributed by atoms with Crippen molar-refractivity contribution in [1.29, 1.82) is 0 Å². The molecule has 0 radical (unpaired) electrons. The molecule has 7 nitrogen and oxygen atoms in total. The molecular formula is C22H25N3O4S. The Balaban J connectivity index is 1.35. The highest BCUT2D eigenvalue weighted by Crippen LogP contribution is 2.39. The normalized spacial score (nSPS) is 21.7. The summed E-state index contributed by atoms with van der Waals surface area (Å²) in [6.07, 6.45) is 1.34. The number of nitro groups is 1. The maximum atomic E-state index is 12.4. The molecule has 0 aromatic heterocycles. The van der Waals surface area contributed by atoms with E-state index >= 15 is 0 Å². The third kappa shape index (κ3) is 4.35. The first-order chi connectivity index (χ1) is 14.5. The van der Waals surface area contributed by atoms with Gasteiger partial charge in [0, 0.05) is 38.3 Å². The second kappa shape index (κ2) is 8.75. The van der Waals surface area contributed by atoms with E-state index in [1.807, 2.05) is 35.2 Å². The minimum Gasteiger partial charge on any atom is -0.385 e. The van der Waals surface area contributed by atoms with Crippen molar-refractivity contribution in [1.82, 2.24) is 9.80 Å². The zero-order valence-electron chi connectivity index (χ0n) is 16.6. The van der Waals surface area contributed by atoms with E-state index in [0.29, 0.717) is 25.1 Å². The van der Waals surface area contributed by atoms with Crippen molar-refractivity contribution in [2.45, 2.75) is 23.8 Å². The number of hydrogen-bond acceptors (Lipinski definition) is 6. The molecular weight excluding hydrogens is 402 g/mol. The summed E-state index contributed by atoms with van der Waals surface area (Å²) in [5.41, 5.74) is 1.15. The third-order valence-electron chi connectivity index (χ3n) is 6.01. The number of aliphatic hydroxyl groups is 1. The quantitative estimate of drug-likeness (QED) is 0.563. The van der Waals surface area contributed by atoms with Crippen LogP contribution in [0.15, 0.2) is 54.6 Å².